The fourth-order valence-corrected chi connectivity index (χ4v) is 2.77. The number of ether oxygens (including phenoxy) is 1. The number of benzene rings is 2. The third kappa shape index (κ3) is 6.70. The Morgan fingerprint density at radius 1 is 1.25 bits per heavy atom. The average Bonchev–Trinajstić information content (AvgIpc) is 2.69. The number of hydrogen-bond donors (Lipinski definition) is 3. The first kappa shape index (κ1) is 21.4. The van der Waals surface area contributed by atoms with Gasteiger partial charge in [0.25, 0.3) is 5.91 Å². The van der Waals surface area contributed by atoms with E-state index in [-0.39, 0.29) is 24.0 Å². The van der Waals surface area contributed by atoms with E-state index in [1.54, 1.807) is 36.4 Å². The van der Waals surface area contributed by atoms with Gasteiger partial charge in [0.15, 0.2) is 11.5 Å². The van der Waals surface area contributed by atoms with Crippen molar-refractivity contribution >= 4 is 34.0 Å². The monoisotopic (exact) mass is 447 g/mol. The van der Waals surface area contributed by atoms with Gasteiger partial charge in [0.1, 0.15) is 0 Å². The van der Waals surface area contributed by atoms with Crippen LogP contribution in [-0.4, -0.2) is 36.3 Å². The van der Waals surface area contributed by atoms with Gasteiger partial charge < -0.3 is 15.2 Å². The van der Waals surface area contributed by atoms with Gasteiger partial charge in [-0.05, 0) is 59.1 Å². The largest absolute Gasteiger partial charge is 0.503 e. The van der Waals surface area contributed by atoms with Crippen molar-refractivity contribution in [3.05, 3.63) is 58.1 Å². The molecule has 0 fully saturated rings. The molecule has 3 N–H and O–H groups in total. The molecular formula is C20H22BrN3O4. The smallest absolute Gasteiger partial charge is 0.251 e. The van der Waals surface area contributed by atoms with Crippen LogP contribution in [-0.2, 0) is 4.79 Å². The second kappa shape index (κ2) is 11.1. The molecule has 0 unspecified atom stereocenters. The summed E-state index contributed by atoms with van der Waals surface area (Å²) in [6, 6.07) is 12.2. The predicted molar refractivity (Wildman–Crippen MR) is 111 cm³/mol. The molecule has 0 saturated heterocycles. The molecule has 0 aromatic heterocycles. The van der Waals surface area contributed by atoms with E-state index in [2.05, 4.69) is 31.8 Å². The van der Waals surface area contributed by atoms with Gasteiger partial charge in [0, 0.05) is 18.5 Å². The van der Waals surface area contributed by atoms with Crippen molar-refractivity contribution in [3.63, 3.8) is 0 Å². The molecular weight excluding hydrogens is 426 g/mol. The van der Waals surface area contributed by atoms with Crippen LogP contribution in [0.3, 0.4) is 0 Å². The summed E-state index contributed by atoms with van der Waals surface area (Å²) in [6.45, 7) is 2.63. The average molecular weight is 448 g/mol. The van der Waals surface area contributed by atoms with Gasteiger partial charge >= 0.3 is 0 Å². The quantitative estimate of drug-likeness (QED) is 0.312. The maximum absolute atomic E-state index is 11.9. The number of nitrogens with one attached hydrogen (secondary N) is 2. The number of hydrazone groups is 1. The Morgan fingerprint density at radius 2 is 2.00 bits per heavy atom. The van der Waals surface area contributed by atoms with Gasteiger partial charge in [-0.3, -0.25) is 9.59 Å². The lowest BCUT2D eigenvalue weighted by molar-refractivity contribution is -0.121. The van der Waals surface area contributed by atoms with Crippen molar-refractivity contribution in [1.29, 1.82) is 0 Å². The highest BCUT2D eigenvalue weighted by atomic mass is 79.9. The molecule has 0 heterocycles. The highest BCUT2D eigenvalue weighted by Crippen LogP contribution is 2.34. The maximum atomic E-state index is 11.9. The molecule has 0 radical (unpaired) electrons. The molecule has 7 nitrogen and oxygen atoms in total. The first-order chi connectivity index (χ1) is 13.5. The zero-order valence-electron chi connectivity index (χ0n) is 15.4. The molecule has 0 aliphatic carbocycles. The number of hydrogen-bond acceptors (Lipinski definition) is 5. The SMILES string of the molecule is CCOc1cc(/C=N/NC(=O)CCCNC(=O)c2ccccc2)cc(Br)c1O. The Bertz CT molecular complexity index is 841. The Labute approximate surface area is 171 Å². The van der Waals surface area contributed by atoms with Crippen LogP contribution in [0.1, 0.15) is 35.7 Å². The number of phenols is 1. The number of halogens is 1. The summed E-state index contributed by atoms with van der Waals surface area (Å²) < 4.78 is 5.81. The van der Waals surface area contributed by atoms with Crippen LogP contribution >= 0.6 is 15.9 Å². The van der Waals surface area contributed by atoms with Crippen LogP contribution in [0.25, 0.3) is 0 Å². The predicted octanol–water partition coefficient (Wildman–Crippen LogP) is 3.21. The zero-order valence-corrected chi connectivity index (χ0v) is 17.0. The molecule has 0 atom stereocenters. The van der Waals surface area contributed by atoms with E-state index >= 15 is 0 Å². The van der Waals surface area contributed by atoms with Crippen LogP contribution in [0.2, 0.25) is 0 Å². The highest BCUT2D eigenvalue weighted by Gasteiger charge is 2.08. The molecule has 0 saturated carbocycles. The first-order valence-corrected chi connectivity index (χ1v) is 9.61. The summed E-state index contributed by atoms with van der Waals surface area (Å²) in [6.07, 6.45) is 2.19. The molecule has 2 amide bonds. The molecule has 28 heavy (non-hydrogen) atoms. The normalized spacial score (nSPS) is 10.6. The van der Waals surface area contributed by atoms with E-state index in [0.29, 0.717) is 40.9 Å². The van der Waals surface area contributed by atoms with Crippen molar-refractivity contribution in [1.82, 2.24) is 10.7 Å². The highest BCUT2D eigenvalue weighted by molar-refractivity contribution is 9.10. The fraction of sp³-hybridized carbons (Fsp3) is 0.250. The van der Waals surface area contributed by atoms with Crippen molar-refractivity contribution < 1.29 is 19.4 Å². The molecule has 8 heteroatoms. The number of phenolic OH excluding ortho intramolecular Hbond substituents is 1. The Hall–Kier alpha value is -2.87. The molecule has 0 bridgehead atoms. The van der Waals surface area contributed by atoms with Crippen molar-refractivity contribution in [2.45, 2.75) is 19.8 Å². The lowest BCUT2D eigenvalue weighted by atomic mass is 10.2. The minimum absolute atomic E-state index is 0.0144. The van der Waals surface area contributed by atoms with Gasteiger partial charge in [-0.2, -0.15) is 5.10 Å². The van der Waals surface area contributed by atoms with Crippen LogP contribution in [0.15, 0.2) is 52.0 Å². The minimum atomic E-state index is -0.256. The van der Waals surface area contributed by atoms with Crippen molar-refractivity contribution in [2.24, 2.45) is 5.10 Å². The Morgan fingerprint density at radius 3 is 2.71 bits per heavy atom. The second-order valence-corrected chi connectivity index (χ2v) is 6.66. The third-order valence-corrected chi connectivity index (χ3v) is 4.26. The summed E-state index contributed by atoms with van der Waals surface area (Å²) >= 11 is 3.24. The lowest BCUT2D eigenvalue weighted by Gasteiger charge is -2.08. The van der Waals surface area contributed by atoms with E-state index in [9.17, 15) is 14.7 Å². The third-order valence-electron chi connectivity index (χ3n) is 3.66. The number of amides is 2. The first-order valence-electron chi connectivity index (χ1n) is 8.81. The summed E-state index contributed by atoms with van der Waals surface area (Å²) in [5, 5.41) is 16.6. The van der Waals surface area contributed by atoms with E-state index in [1.165, 1.54) is 6.21 Å². The van der Waals surface area contributed by atoms with E-state index < -0.39 is 0 Å². The van der Waals surface area contributed by atoms with Crippen LogP contribution < -0.4 is 15.5 Å². The minimum Gasteiger partial charge on any atom is -0.503 e. The molecule has 0 aliphatic heterocycles. The lowest BCUT2D eigenvalue weighted by Crippen LogP contribution is -2.26. The van der Waals surface area contributed by atoms with Crippen molar-refractivity contribution in [3.8, 4) is 11.5 Å². The summed E-state index contributed by atoms with van der Waals surface area (Å²) in [5.74, 6) is -0.0745. The van der Waals surface area contributed by atoms with E-state index in [0.717, 1.165) is 0 Å². The number of rotatable bonds is 9. The van der Waals surface area contributed by atoms with Crippen LogP contribution in [0, 0.1) is 0 Å². The van der Waals surface area contributed by atoms with Gasteiger partial charge in [-0.1, -0.05) is 18.2 Å². The second-order valence-electron chi connectivity index (χ2n) is 5.80. The topological polar surface area (TPSA) is 100 Å². The number of carbonyl (C=O) groups excluding carboxylic acids is 2. The zero-order chi connectivity index (χ0) is 20.4. The molecule has 148 valence electrons. The maximum Gasteiger partial charge on any atom is 0.251 e. The fourth-order valence-electron chi connectivity index (χ4n) is 2.31. The van der Waals surface area contributed by atoms with Crippen molar-refractivity contribution in [2.75, 3.05) is 13.2 Å². The van der Waals surface area contributed by atoms with E-state index in [4.69, 9.17) is 4.74 Å². The van der Waals surface area contributed by atoms with Gasteiger partial charge in [-0.15, -0.1) is 0 Å². The molecule has 2 aromatic carbocycles. The molecule has 2 aromatic rings. The summed E-state index contributed by atoms with van der Waals surface area (Å²) in [7, 11) is 0. The standard InChI is InChI=1S/C20H22BrN3O4/c1-2-28-17-12-14(11-16(21)19(17)26)13-23-24-18(25)9-6-10-22-20(27)15-7-4-3-5-8-15/h3-5,7-8,11-13,26H,2,6,9-10H2,1H3,(H,22,27)(H,24,25)/b23-13+. The van der Waals surface area contributed by atoms with Crippen LogP contribution in [0.5, 0.6) is 11.5 Å². The number of nitrogens with zero attached hydrogens (tertiary/aromatic N) is 1. The molecule has 0 spiro atoms. The van der Waals surface area contributed by atoms with Crippen LogP contribution in [0.4, 0.5) is 0 Å². The van der Waals surface area contributed by atoms with Gasteiger partial charge in [0.05, 0.1) is 17.3 Å². The van der Waals surface area contributed by atoms with Gasteiger partial charge in [0.2, 0.25) is 5.91 Å². The van der Waals surface area contributed by atoms with Gasteiger partial charge in [-0.25, -0.2) is 5.43 Å². The van der Waals surface area contributed by atoms with E-state index in [1.807, 2.05) is 13.0 Å². The Balaban J connectivity index is 1.74. The number of carbonyl (C=O) groups is 2. The molecule has 0 aliphatic rings. The summed E-state index contributed by atoms with van der Waals surface area (Å²) in [4.78, 5) is 23.7. The molecule has 2 rings (SSSR count). The number of aromatic hydroxyl groups is 1. The summed E-state index contributed by atoms with van der Waals surface area (Å²) in [5.41, 5.74) is 3.68. The Kier molecular flexibility index (Phi) is 8.48.